The molecule has 0 saturated heterocycles. The minimum absolute atomic E-state index is 0.894. The highest BCUT2D eigenvalue weighted by Gasteiger charge is 2.18. The molecule has 258 valence electrons. The number of hydrogen-bond acceptors (Lipinski definition) is 2. The van der Waals surface area contributed by atoms with Crippen LogP contribution in [0.2, 0.25) is 0 Å². The second-order valence-corrected chi connectivity index (χ2v) is 14.1. The summed E-state index contributed by atoms with van der Waals surface area (Å²) in [7, 11) is 0. The van der Waals surface area contributed by atoms with Gasteiger partial charge in [0.1, 0.15) is 11.2 Å². The molecule has 0 aliphatic heterocycles. The number of hydrogen-bond donors (Lipinski definition) is 0. The predicted octanol–water partition coefficient (Wildman–Crippen LogP) is 14.6. The zero-order chi connectivity index (χ0) is 36.3. The van der Waals surface area contributed by atoms with Gasteiger partial charge in [0.05, 0.1) is 16.7 Å². The molecule has 11 aromatic rings. The van der Waals surface area contributed by atoms with Crippen LogP contribution in [-0.2, 0) is 0 Å². The molecule has 2 aromatic heterocycles. The van der Waals surface area contributed by atoms with Crippen LogP contribution in [0.1, 0.15) is 0 Å². The van der Waals surface area contributed by atoms with Crippen molar-refractivity contribution >= 4 is 71.6 Å². The summed E-state index contributed by atoms with van der Waals surface area (Å²) in [6, 6.07) is 73.9. The summed E-state index contributed by atoms with van der Waals surface area (Å²) >= 11 is 0. The molecule has 11 rings (SSSR count). The summed E-state index contributed by atoms with van der Waals surface area (Å²) in [5.41, 5.74) is 13.2. The van der Waals surface area contributed by atoms with E-state index in [-0.39, 0.29) is 0 Å². The maximum atomic E-state index is 6.48. The van der Waals surface area contributed by atoms with Crippen LogP contribution >= 0.6 is 0 Å². The molecule has 0 aliphatic rings. The molecule has 0 radical (unpaired) electrons. The fourth-order valence-electron chi connectivity index (χ4n) is 8.41. The van der Waals surface area contributed by atoms with Crippen LogP contribution in [0.15, 0.2) is 211 Å². The van der Waals surface area contributed by atoms with Crippen LogP contribution in [0.4, 0.5) is 17.1 Å². The number of furan rings is 1. The molecular weight excluding hydrogens is 669 g/mol. The van der Waals surface area contributed by atoms with Gasteiger partial charge in [-0.2, -0.15) is 0 Å². The molecule has 0 unspecified atom stereocenters. The van der Waals surface area contributed by atoms with Crippen LogP contribution in [-0.4, -0.2) is 4.57 Å². The normalized spacial score (nSPS) is 11.6. The Labute approximate surface area is 318 Å². The summed E-state index contributed by atoms with van der Waals surface area (Å²) in [5, 5.41) is 7.18. The van der Waals surface area contributed by atoms with Gasteiger partial charge < -0.3 is 13.9 Å². The third kappa shape index (κ3) is 5.13. The fourth-order valence-corrected chi connectivity index (χ4v) is 8.41. The summed E-state index contributed by atoms with van der Waals surface area (Å²) in [5.74, 6) is 0. The van der Waals surface area contributed by atoms with Crippen LogP contribution < -0.4 is 4.90 Å². The third-order valence-electron chi connectivity index (χ3n) is 11.0. The molecule has 2 heterocycles. The van der Waals surface area contributed by atoms with Gasteiger partial charge in [0.2, 0.25) is 0 Å². The summed E-state index contributed by atoms with van der Waals surface area (Å²) in [6.07, 6.45) is 0. The quantitative estimate of drug-likeness (QED) is 0.172. The lowest BCUT2D eigenvalue weighted by Gasteiger charge is -2.27. The van der Waals surface area contributed by atoms with Crippen LogP contribution in [0.5, 0.6) is 0 Å². The van der Waals surface area contributed by atoms with Crippen LogP contribution in [0.25, 0.3) is 82.5 Å². The van der Waals surface area contributed by atoms with Gasteiger partial charge in [0, 0.05) is 49.6 Å². The summed E-state index contributed by atoms with van der Waals surface area (Å²) in [4.78, 5) is 2.37. The Morgan fingerprint density at radius 1 is 0.382 bits per heavy atom. The Hall–Kier alpha value is -7.36. The molecule has 55 heavy (non-hydrogen) atoms. The largest absolute Gasteiger partial charge is 0.455 e. The fraction of sp³-hybridized carbons (Fsp3) is 0. The van der Waals surface area contributed by atoms with Gasteiger partial charge in [-0.25, -0.2) is 0 Å². The number of fused-ring (bicyclic) bond motifs is 7. The van der Waals surface area contributed by atoms with E-state index >= 15 is 0 Å². The first-order valence-electron chi connectivity index (χ1n) is 18.8. The van der Waals surface area contributed by atoms with Crippen LogP contribution in [0, 0.1) is 0 Å². The summed E-state index contributed by atoms with van der Waals surface area (Å²) in [6.45, 7) is 0. The van der Waals surface area contributed by atoms with Gasteiger partial charge in [-0.3, -0.25) is 0 Å². The molecule has 3 heteroatoms. The molecule has 0 bridgehead atoms. The van der Waals surface area contributed by atoms with E-state index in [1.165, 1.54) is 32.6 Å². The topological polar surface area (TPSA) is 21.3 Å². The van der Waals surface area contributed by atoms with Crippen molar-refractivity contribution in [3.63, 3.8) is 0 Å². The molecule has 0 spiro atoms. The maximum Gasteiger partial charge on any atom is 0.143 e. The second-order valence-electron chi connectivity index (χ2n) is 14.1. The molecule has 0 amide bonds. The van der Waals surface area contributed by atoms with E-state index in [1.54, 1.807) is 0 Å². The standard InChI is InChI=1S/C52H34N2O/c1-2-12-37(13-3-1)43-19-11-20-46-47-34-38(26-33-51(47)55-52(43)46)35-24-27-39(28-25-35)53(48-23-10-15-36-14-4-5-16-42(36)48)40-29-31-41(32-30-40)54-49-21-8-6-17-44(49)45-18-7-9-22-50(45)54/h1-34H. The van der Waals surface area contributed by atoms with Crippen molar-refractivity contribution in [2.45, 2.75) is 0 Å². The minimum atomic E-state index is 0.894. The first-order valence-corrected chi connectivity index (χ1v) is 18.8. The molecule has 0 atom stereocenters. The molecular formula is C52H34N2O. The Bertz CT molecular complexity index is 3130. The zero-order valence-corrected chi connectivity index (χ0v) is 29.9. The second kappa shape index (κ2) is 12.6. The van der Waals surface area contributed by atoms with Crippen molar-refractivity contribution in [2.24, 2.45) is 0 Å². The van der Waals surface area contributed by atoms with E-state index < -0.39 is 0 Å². The van der Waals surface area contributed by atoms with Crippen molar-refractivity contribution in [2.75, 3.05) is 4.90 Å². The highest BCUT2D eigenvalue weighted by Crippen LogP contribution is 2.42. The first kappa shape index (κ1) is 31.2. The third-order valence-corrected chi connectivity index (χ3v) is 11.0. The van der Waals surface area contributed by atoms with Gasteiger partial charge in [-0.15, -0.1) is 0 Å². The Morgan fingerprint density at radius 2 is 0.964 bits per heavy atom. The Balaban J connectivity index is 1.01. The number of para-hydroxylation sites is 3. The van der Waals surface area contributed by atoms with Gasteiger partial charge in [-0.1, -0.05) is 140 Å². The van der Waals surface area contributed by atoms with Gasteiger partial charge in [0.25, 0.3) is 0 Å². The van der Waals surface area contributed by atoms with E-state index in [9.17, 15) is 0 Å². The SMILES string of the molecule is c1ccc(-c2cccc3c2oc2ccc(-c4ccc(N(c5ccc(-n6c7ccccc7c7ccccc76)cc5)c5cccc6ccccc56)cc4)cc23)cc1. The molecule has 0 aliphatic carbocycles. The molecule has 0 N–H and O–H groups in total. The average Bonchev–Trinajstić information content (AvgIpc) is 3.80. The van der Waals surface area contributed by atoms with E-state index in [4.69, 9.17) is 4.42 Å². The lowest BCUT2D eigenvalue weighted by Crippen LogP contribution is -2.10. The lowest BCUT2D eigenvalue weighted by atomic mass is 10.00. The highest BCUT2D eigenvalue weighted by molar-refractivity contribution is 6.11. The van der Waals surface area contributed by atoms with Crippen LogP contribution in [0.3, 0.4) is 0 Å². The summed E-state index contributed by atoms with van der Waals surface area (Å²) < 4.78 is 8.85. The average molecular weight is 703 g/mol. The van der Waals surface area contributed by atoms with Crippen molar-refractivity contribution in [1.82, 2.24) is 4.57 Å². The number of nitrogens with zero attached hydrogens (tertiary/aromatic N) is 2. The van der Waals surface area contributed by atoms with E-state index in [1.807, 2.05) is 6.07 Å². The van der Waals surface area contributed by atoms with Gasteiger partial charge in [0.15, 0.2) is 0 Å². The first-order chi connectivity index (χ1) is 27.3. The van der Waals surface area contributed by atoms with E-state index in [0.717, 1.165) is 66.9 Å². The van der Waals surface area contributed by atoms with E-state index in [0.29, 0.717) is 0 Å². The molecule has 9 aromatic carbocycles. The van der Waals surface area contributed by atoms with Gasteiger partial charge in [-0.05, 0) is 88.8 Å². The molecule has 3 nitrogen and oxygen atoms in total. The maximum absolute atomic E-state index is 6.48. The lowest BCUT2D eigenvalue weighted by molar-refractivity contribution is 0.670. The Kier molecular flexibility index (Phi) is 7.17. The van der Waals surface area contributed by atoms with Crippen molar-refractivity contribution in [3.05, 3.63) is 206 Å². The van der Waals surface area contributed by atoms with Crippen molar-refractivity contribution < 1.29 is 4.42 Å². The minimum Gasteiger partial charge on any atom is -0.455 e. The van der Waals surface area contributed by atoms with Crippen molar-refractivity contribution in [3.8, 4) is 27.9 Å². The Morgan fingerprint density at radius 3 is 1.71 bits per heavy atom. The zero-order valence-electron chi connectivity index (χ0n) is 29.9. The molecule has 0 fully saturated rings. The van der Waals surface area contributed by atoms with E-state index in [2.05, 4.69) is 210 Å². The van der Waals surface area contributed by atoms with Gasteiger partial charge >= 0.3 is 0 Å². The highest BCUT2D eigenvalue weighted by atomic mass is 16.3. The number of aromatic nitrogens is 1. The monoisotopic (exact) mass is 702 g/mol. The number of benzene rings is 9. The smallest absolute Gasteiger partial charge is 0.143 e. The number of rotatable bonds is 6. The van der Waals surface area contributed by atoms with Crippen molar-refractivity contribution in [1.29, 1.82) is 0 Å². The molecule has 0 saturated carbocycles. The number of anilines is 3. The predicted molar refractivity (Wildman–Crippen MR) is 231 cm³/mol.